The molecule has 6 heteroatoms. The van der Waals surface area contributed by atoms with Gasteiger partial charge >= 0.3 is 12.0 Å². The summed E-state index contributed by atoms with van der Waals surface area (Å²) >= 11 is 0. The molecule has 1 unspecified atom stereocenters. The summed E-state index contributed by atoms with van der Waals surface area (Å²) < 4.78 is 5.11. The number of carboxylic acid groups (broad SMARTS) is 1. The molecule has 0 radical (unpaired) electrons. The zero-order valence-electron chi connectivity index (χ0n) is 13.1. The molecule has 6 nitrogen and oxygen atoms in total. The van der Waals surface area contributed by atoms with E-state index in [1.54, 1.807) is 7.11 Å². The highest BCUT2D eigenvalue weighted by Crippen LogP contribution is 2.14. The van der Waals surface area contributed by atoms with E-state index >= 15 is 0 Å². The number of hydrogen-bond donors (Lipinski definition) is 3. The molecule has 0 saturated carbocycles. The van der Waals surface area contributed by atoms with E-state index in [-0.39, 0.29) is 12.5 Å². The molecular weight excluding hydrogens is 284 g/mol. The van der Waals surface area contributed by atoms with Crippen LogP contribution in [-0.4, -0.2) is 37.3 Å². The van der Waals surface area contributed by atoms with Gasteiger partial charge in [0.1, 0.15) is 5.75 Å². The standard InChI is InChI=1S/C16H24N2O4/c1-12(10-13-5-7-14(22-2)8-6-13)11-18-16(21)17-9-3-4-15(19)20/h5-8,12H,3-4,9-11H2,1-2H3,(H,19,20)(H2,17,18,21). The first-order chi connectivity index (χ1) is 10.5. The Labute approximate surface area is 130 Å². The summed E-state index contributed by atoms with van der Waals surface area (Å²) in [4.78, 5) is 21.9. The van der Waals surface area contributed by atoms with E-state index in [0.717, 1.165) is 12.2 Å². The molecule has 122 valence electrons. The van der Waals surface area contributed by atoms with Crippen molar-refractivity contribution < 1.29 is 19.4 Å². The van der Waals surface area contributed by atoms with E-state index in [4.69, 9.17) is 9.84 Å². The van der Waals surface area contributed by atoms with Crippen LogP contribution in [0.15, 0.2) is 24.3 Å². The number of rotatable bonds is 9. The molecule has 2 amide bonds. The molecule has 0 bridgehead atoms. The lowest BCUT2D eigenvalue weighted by Crippen LogP contribution is -2.38. The lowest BCUT2D eigenvalue weighted by atomic mass is 10.0. The average Bonchev–Trinajstić information content (AvgIpc) is 2.50. The van der Waals surface area contributed by atoms with Crippen LogP contribution in [0.2, 0.25) is 0 Å². The Morgan fingerprint density at radius 2 is 1.91 bits per heavy atom. The number of carbonyl (C=O) groups is 2. The van der Waals surface area contributed by atoms with Gasteiger partial charge < -0.3 is 20.5 Å². The minimum absolute atomic E-state index is 0.0636. The number of amides is 2. The number of aliphatic carboxylic acids is 1. The Balaban J connectivity index is 2.20. The van der Waals surface area contributed by atoms with E-state index in [0.29, 0.717) is 25.4 Å². The topological polar surface area (TPSA) is 87.7 Å². The van der Waals surface area contributed by atoms with Crippen molar-refractivity contribution in [2.45, 2.75) is 26.2 Å². The predicted molar refractivity (Wildman–Crippen MR) is 84.1 cm³/mol. The van der Waals surface area contributed by atoms with Crippen molar-refractivity contribution in [3.05, 3.63) is 29.8 Å². The van der Waals surface area contributed by atoms with Crippen LogP contribution < -0.4 is 15.4 Å². The molecule has 1 aromatic carbocycles. The van der Waals surface area contributed by atoms with E-state index in [2.05, 4.69) is 17.6 Å². The van der Waals surface area contributed by atoms with Gasteiger partial charge in [-0.05, 0) is 36.5 Å². The van der Waals surface area contributed by atoms with Gasteiger partial charge in [0.2, 0.25) is 0 Å². The van der Waals surface area contributed by atoms with Crippen LogP contribution >= 0.6 is 0 Å². The fraction of sp³-hybridized carbons (Fsp3) is 0.500. The zero-order chi connectivity index (χ0) is 16.4. The monoisotopic (exact) mass is 308 g/mol. The number of benzene rings is 1. The second kappa shape index (κ2) is 9.65. The van der Waals surface area contributed by atoms with E-state index in [9.17, 15) is 9.59 Å². The fourth-order valence-corrected chi connectivity index (χ4v) is 2.01. The average molecular weight is 308 g/mol. The molecule has 0 aliphatic rings. The van der Waals surface area contributed by atoms with Gasteiger partial charge in [-0.1, -0.05) is 19.1 Å². The normalized spacial score (nSPS) is 11.5. The number of hydrogen-bond acceptors (Lipinski definition) is 3. The van der Waals surface area contributed by atoms with E-state index in [1.807, 2.05) is 24.3 Å². The number of urea groups is 1. The largest absolute Gasteiger partial charge is 0.497 e. The first-order valence-electron chi connectivity index (χ1n) is 7.37. The van der Waals surface area contributed by atoms with Crippen molar-refractivity contribution in [1.82, 2.24) is 10.6 Å². The van der Waals surface area contributed by atoms with Gasteiger partial charge in [-0.2, -0.15) is 0 Å². The number of carboxylic acids is 1. The Hall–Kier alpha value is -2.24. The van der Waals surface area contributed by atoms with Gasteiger partial charge in [0.25, 0.3) is 0 Å². The third kappa shape index (κ3) is 7.52. The Morgan fingerprint density at radius 3 is 2.50 bits per heavy atom. The summed E-state index contributed by atoms with van der Waals surface area (Å²) in [6.07, 6.45) is 1.36. The Bertz CT molecular complexity index is 474. The summed E-state index contributed by atoms with van der Waals surface area (Å²) in [5.41, 5.74) is 1.19. The highest BCUT2D eigenvalue weighted by Gasteiger charge is 2.07. The van der Waals surface area contributed by atoms with Crippen LogP contribution in [0.1, 0.15) is 25.3 Å². The molecule has 0 fully saturated rings. The zero-order valence-corrected chi connectivity index (χ0v) is 13.1. The summed E-state index contributed by atoms with van der Waals surface area (Å²) in [6.45, 7) is 3.00. The SMILES string of the molecule is COc1ccc(CC(C)CNC(=O)NCCCC(=O)O)cc1. The van der Waals surface area contributed by atoms with Crippen LogP contribution in [0, 0.1) is 5.92 Å². The fourth-order valence-electron chi connectivity index (χ4n) is 2.01. The maximum absolute atomic E-state index is 11.5. The smallest absolute Gasteiger partial charge is 0.314 e. The van der Waals surface area contributed by atoms with E-state index < -0.39 is 5.97 Å². The second-order valence-electron chi connectivity index (χ2n) is 5.29. The predicted octanol–water partition coefficient (Wildman–Crippen LogP) is 2.04. The van der Waals surface area contributed by atoms with Crippen LogP contribution in [0.5, 0.6) is 5.75 Å². The molecule has 1 aromatic rings. The van der Waals surface area contributed by atoms with Gasteiger partial charge in [0, 0.05) is 19.5 Å². The maximum atomic E-state index is 11.5. The summed E-state index contributed by atoms with van der Waals surface area (Å²) in [7, 11) is 1.64. The molecular formula is C16H24N2O4. The van der Waals surface area contributed by atoms with Crippen molar-refractivity contribution in [3.63, 3.8) is 0 Å². The molecule has 1 rings (SSSR count). The molecule has 0 aromatic heterocycles. The summed E-state index contributed by atoms with van der Waals surface area (Å²) in [6, 6.07) is 7.62. The molecule has 0 saturated heterocycles. The van der Waals surface area contributed by atoms with Crippen LogP contribution in [0.4, 0.5) is 4.79 Å². The highest BCUT2D eigenvalue weighted by atomic mass is 16.5. The lowest BCUT2D eigenvalue weighted by Gasteiger charge is -2.13. The van der Waals surface area contributed by atoms with Crippen LogP contribution in [0.3, 0.4) is 0 Å². The van der Waals surface area contributed by atoms with Gasteiger partial charge in [-0.25, -0.2) is 4.79 Å². The first-order valence-corrected chi connectivity index (χ1v) is 7.37. The Kier molecular flexibility index (Phi) is 7.81. The highest BCUT2D eigenvalue weighted by molar-refractivity contribution is 5.73. The second-order valence-corrected chi connectivity index (χ2v) is 5.29. The number of carbonyl (C=O) groups excluding carboxylic acids is 1. The van der Waals surface area contributed by atoms with Gasteiger partial charge in [-0.15, -0.1) is 0 Å². The van der Waals surface area contributed by atoms with Crippen molar-refractivity contribution in [1.29, 1.82) is 0 Å². The number of ether oxygens (including phenoxy) is 1. The van der Waals surface area contributed by atoms with Crippen molar-refractivity contribution >= 4 is 12.0 Å². The Morgan fingerprint density at radius 1 is 1.23 bits per heavy atom. The molecule has 0 aliphatic heterocycles. The first kappa shape index (κ1) is 17.8. The molecule has 3 N–H and O–H groups in total. The minimum atomic E-state index is -0.852. The molecule has 22 heavy (non-hydrogen) atoms. The minimum Gasteiger partial charge on any atom is -0.497 e. The molecule has 0 heterocycles. The van der Waals surface area contributed by atoms with Crippen molar-refractivity contribution in [2.24, 2.45) is 5.92 Å². The van der Waals surface area contributed by atoms with Crippen LogP contribution in [0.25, 0.3) is 0 Å². The molecule has 1 atom stereocenters. The third-order valence-corrected chi connectivity index (χ3v) is 3.21. The number of nitrogens with one attached hydrogen (secondary N) is 2. The van der Waals surface area contributed by atoms with Crippen molar-refractivity contribution in [2.75, 3.05) is 20.2 Å². The maximum Gasteiger partial charge on any atom is 0.314 e. The van der Waals surface area contributed by atoms with Crippen LogP contribution in [-0.2, 0) is 11.2 Å². The summed E-state index contributed by atoms with van der Waals surface area (Å²) in [5, 5.41) is 13.9. The summed E-state index contributed by atoms with van der Waals surface area (Å²) in [5.74, 6) is 0.281. The van der Waals surface area contributed by atoms with E-state index in [1.165, 1.54) is 5.56 Å². The van der Waals surface area contributed by atoms with Gasteiger partial charge in [0.05, 0.1) is 7.11 Å². The lowest BCUT2D eigenvalue weighted by molar-refractivity contribution is -0.137. The number of methoxy groups -OCH3 is 1. The third-order valence-electron chi connectivity index (χ3n) is 3.21. The van der Waals surface area contributed by atoms with Gasteiger partial charge in [-0.3, -0.25) is 4.79 Å². The molecule has 0 aliphatic carbocycles. The van der Waals surface area contributed by atoms with Crippen molar-refractivity contribution in [3.8, 4) is 5.75 Å². The quantitative estimate of drug-likeness (QED) is 0.609. The molecule has 0 spiro atoms. The van der Waals surface area contributed by atoms with Gasteiger partial charge in [0.15, 0.2) is 0 Å².